The van der Waals surface area contributed by atoms with E-state index in [2.05, 4.69) is 36.5 Å². The molecule has 1 aliphatic carbocycles. The molecule has 1 aromatic carbocycles. The molecule has 1 saturated heterocycles. The summed E-state index contributed by atoms with van der Waals surface area (Å²) >= 11 is 0. The van der Waals surface area contributed by atoms with Gasteiger partial charge in [0.2, 0.25) is 0 Å². The van der Waals surface area contributed by atoms with Crippen molar-refractivity contribution in [1.82, 2.24) is 5.32 Å². The number of nitrogens with one attached hydrogen (secondary N) is 1. The molecule has 1 unspecified atom stereocenters. The van der Waals surface area contributed by atoms with Gasteiger partial charge in [0.1, 0.15) is 0 Å². The van der Waals surface area contributed by atoms with E-state index in [1.165, 1.54) is 37.8 Å². The van der Waals surface area contributed by atoms with Crippen LogP contribution >= 0.6 is 0 Å². The molecule has 1 saturated carbocycles. The highest BCUT2D eigenvalue weighted by atomic mass is 15.0. The maximum atomic E-state index is 3.79. The van der Waals surface area contributed by atoms with Crippen molar-refractivity contribution in [3.8, 4) is 0 Å². The zero-order chi connectivity index (χ0) is 10.3. The minimum atomic E-state index is 0.339. The van der Waals surface area contributed by atoms with Crippen LogP contribution in [0.2, 0.25) is 0 Å². The summed E-state index contributed by atoms with van der Waals surface area (Å²) in [5.41, 5.74) is 3.36. The first kappa shape index (κ1) is 9.41. The van der Waals surface area contributed by atoms with Crippen molar-refractivity contribution in [2.24, 2.45) is 5.92 Å². The largest absolute Gasteiger partial charge is 0.307 e. The Morgan fingerprint density at radius 2 is 2.07 bits per heavy atom. The molecule has 0 aromatic heterocycles. The molecular formula is C14H19N. The smallest absolute Gasteiger partial charge is 0.0466 e. The van der Waals surface area contributed by atoms with Crippen molar-refractivity contribution in [3.63, 3.8) is 0 Å². The molecule has 3 rings (SSSR count). The van der Waals surface area contributed by atoms with Gasteiger partial charge in [-0.3, -0.25) is 0 Å². The van der Waals surface area contributed by atoms with E-state index >= 15 is 0 Å². The van der Waals surface area contributed by atoms with Gasteiger partial charge in [-0.1, -0.05) is 24.3 Å². The van der Waals surface area contributed by atoms with E-state index in [0.717, 1.165) is 5.92 Å². The van der Waals surface area contributed by atoms with Gasteiger partial charge in [0.15, 0.2) is 0 Å². The predicted octanol–water partition coefficient (Wildman–Crippen LogP) is 2.98. The van der Waals surface area contributed by atoms with Gasteiger partial charge in [-0.25, -0.2) is 0 Å². The topological polar surface area (TPSA) is 12.0 Å². The van der Waals surface area contributed by atoms with E-state index in [1.54, 1.807) is 5.56 Å². The first-order valence-corrected chi connectivity index (χ1v) is 6.14. The Hall–Kier alpha value is -0.820. The van der Waals surface area contributed by atoms with Crippen LogP contribution in [0.15, 0.2) is 24.3 Å². The van der Waals surface area contributed by atoms with Crippen LogP contribution in [0, 0.1) is 12.8 Å². The number of benzene rings is 1. The zero-order valence-electron chi connectivity index (χ0n) is 9.42. The molecule has 15 heavy (non-hydrogen) atoms. The van der Waals surface area contributed by atoms with Crippen LogP contribution in [0.5, 0.6) is 0 Å². The van der Waals surface area contributed by atoms with Crippen molar-refractivity contribution in [2.45, 2.75) is 38.1 Å². The van der Waals surface area contributed by atoms with E-state index in [4.69, 9.17) is 0 Å². The van der Waals surface area contributed by atoms with Gasteiger partial charge < -0.3 is 5.32 Å². The van der Waals surface area contributed by atoms with E-state index in [1.807, 2.05) is 0 Å². The Kier molecular flexibility index (Phi) is 2.10. The van der Waals surface area contributed by atoms with Crippen molar-refractivity contribution in [3.05, 3.63) is 35.4 Å². The van der Waals surface area contributed by atoms with E-state index < -0.39 is 0 Å². The Labute approximate surface area is 91.9 Å². The average Bonchev–Trinajstić information content (AvgIpc) is 3.00. The maximum absolute atomic E-state index is 3.79. The summed E-state index contributed by atoms with van der Waals surface area (Å²) in [5, 5.41) is 3.79. The molecule has 1 N–H and O–H groups in total. The molecule has 1 aromatic rings. The first-order chi connectivity index (χ1) is 7.33. The zero-order valence-corrected chi connectivity index (χ0v) is 9.42. The van der Waals surface area contributed by atoms with Crippen LogP contribution in [0.25, 0.3) is 0 Å². The highest BCUT2D eigenvalue weighted by molar-refractivity contribution is 5.35. The molecule has 1 heteroatoms. The molecule has 2 aliphatic rings. The molecule has 80 valence electrons. The second kappa shape index (κ2) is 3.34. The van der Waals surface area contributed by atoms with Gasteiger partial charge in [-0.15, -0.1) is 0 Å². The second-order valence-electron chi connectivity index (χ2n) is 5.09. The van der Waals surface area contributed by atoms with Gasteiger partial charge >= 0.3 is 0 Å². The lowest BCUT2D eigenvalue weighted by molar-refractivity contribution is 0.334. The van der Waals surface area contributed by atoms with Crippen molar-refractivity contribution < 1.29 is 0 Å². The summed E-state index contributed by atoms with van der Waals surface area (Å²) in [7, 11) is 0. The van der Waals surface area contributed by atoms with Gasteiger partial charge in [-0.05, 0) is 56.2 Å². The summed E-state index contributed by atoms with van der Waals surface area (Å²) in [4.78, 5) is 0. The fourth-order valence-electron chi connectivity index (χ4n) is 3.21. The van der Waals surface area contributed by atoms with Crippen LogP contribution in [0.1, 0.15) is 36.8 Å². The Morgan fingerprint density at radius 1 is 1.27 bits per heavy atom. The van der Waals surface area contributed by atoms with Crippen molar-refractivity contribution in [1.29, 1.82) is 0 Å². The molecule has 0 amide bonds. The van der Waals surface area contributed by atoms with Crippen LogP contribution in [-0.4, -0.2) is 6.54 Å². The van der Waals surface area contributed by atoms with Crippen LogP contribution in [0.3, 0.4) is 0 Å². The van der Waals surface area contributed by atoms with Crippen molar-refractivity contribution >= 4 is 0 Å². The molecule has 0 spiro atoms. The van der Waals surface area contributed by atoms with Gasteiger partial charge in [0, 0.05) is 5.54 Å². The molecule has 0 radical (unpaired) electrons. The third-order valence-corrected chi connectivity index (χ3v) is 4.09. The summed E-state index contributed by atoms with van der Waals surface area (Å²) < 4.78 is 0. The first-order valence-electron chi connectivity index (χ1n) is 6.14. The highest BCUT2D eigenvalue weighted by Gasteiger charge is 2.48. The van der Waals surface area contributed by atoms with Gasteiger partial charge in [-0.2, -0.15) is 0 Å². The van der Waals surface area contributed by atoms with Gasteiger partial charge in [0.05, 0.1) is 0 Å². The quantitative estimate of drug-likeness (QED) is 0.775. The molecule has 0 bridgehead atoms. The van der Waals surface area contributed by atoms with E-state index in [9.17, 15) is 0 Å². The maximum Gasteiger partial charge on any atom is 0.0466 e. The predicted molar refractivity (Wildman–Crippen MR) is 62.8 cm³/mol. The number of hydrogen-bond donors (Lipinski definition) is 1. The third-order valence-electron chi connectivity index (χ3n) is 4.09. The summed E-state index contributed by atoms with van der Waals surface area (Å²) in [6.45, 7) is 3.45. The fourth-order valence-corrected chi connectivity index (χ4v) is 3.21. The van der Waals surface area contributed by atoms with Crippen LogP contribution < -0.4 is 5.32 Å². The Morgan fingerprint density at radius 3 is 2.67 bits per heavy atom. The summed E-state index contributed by atoms with van der Waals surface area (Å²) in [5.74, 6) is 0.904. The lowest BCUT2D eigenvalue weighted by Crippen LogP contribution is -2.39. The second-order valence-corrected chi connectivity index (χ2v) is 5.09. The normalized spacial score (nSPS) is 30.7. The van der Waals surface area contributed by atoms with E-state index in [-0.39, 0.29) is 0 Å². The third kappa shape index (κ3) is 1.41. The number of rotatable bonds is 2. The standard InChI is InChI=1S/C14H19N/c1-11-5-2-3-6-13(11)14(12-7-8-12)9-4-10-15-14/h2-3,5-6,12,15H,4,7-10H2,1H3. The SMILES string of the molecule is Cc1ccccc1C1(C2CC2)CCCN1. The molecule has 1 aliphatic heterocycles. The monoisotopic (exact) mass is 201 g/mol. The molecule has 1 nitrogen and oxygen atoms in total. The minimum absolute atomic E-state index is 0.339. The van der Waals surface area contributed by atoms with E-state index in [0.29, 0.717) is 5.54 Å². The van der Waals surface area contributed by atoms with Crippen LogP contribution in [-0.2, 0) is 5.54 Å². The minimum Gasteiger partial charge on any atom is -0.307 e. The Bertz CT molecular complexity index is 359. The number of hydrogen-bond acceptors (Lipinski definition) is 1. The molecular weight excluding hydrogens is 182 g/mol. The lowest BCUT2D eigenvalue weighted by Gasteiger charge is -2.32. The van der Waals surface area contributed by atoms with Crippen LogP contribution in [0.4, 0.5) is 0 Å². The average molecular weight is 201 g/mol. The highest BCUT2D eigenvalue weighted by Crippen LogP contribution is 2.50. The lowest BCUT2D eigenvalue weighted by atomic mass is 9.81. The fraction of sp³-hybridized carbons (Fsp3) is 0.571. The molecule has 2 fully saturated rings. The summed E-state index contributed by atoms with van der Waals surface area (Å²) in [6.07, 6.45) is 5.51. The number of aryl methyl sites for hydroxylation is 1. The Balaban J connectivity index is 2.05. The van der Waals surface area contributed by atoms with Crippen molar-refractivity contribution in [2.75, 3.05) is 6.54 Å². The molecule has 1 atom stereocenters. The van der Waals surface area contributed by atoms with Gasteiger partial charge in [0.25, 0.3) is 0 Å². The molecule has 1 heterocycles. The summed E-state index contributed by atoms with van der Waals surface area (Å²) in [6, 6.07) is 8.91.